The van der Waals surface area contributed by atoms with Gasteiger partial charge in [-0.05, 0) is 25.0 Å². The number of piperidine rings is 1. The Morgan fingerprint density at radius 1 is 1.16 bits per heavy atom. The molecule has 25 heavy (non-hydrogen) atoms. The van der Waals surface area contributed by atoms with Crippen molar-refractivity contribution in [3.8, 4) is 0 Å². The van der Waals surface area contributed by atoms with E-state index in [1.54, 1.807) is 28.0 Å². The first kappa shape index (κ1) is 17.7. The summed E-state index contributed by atoms with van der Waals surface area (Å²) in [6.45, 7) is 1.39. The molecule has 2 fully saturated rings. The van der Waals surface area contributed by atoms with Crippen LogP contribution in [0.1, 0.15) is 19.3 Å². The van der Waals surface area contributed by atoms with Gasteiger partial charge in [-0.3, -0.25) is 14.4 Å². The number of halogens is 1. The molecule has 2 heterocycles. The zero-order valence-electron chi connectivity index (χ0n) is 14.1. The quantitative estimate of drug-likeness (QED) is 0.770. The van der Waals surface area contributed by atoms with Crippen LogP contribution >= 0.6 is 11.6 Å². The predicted octanol–water partition coefficient (Wildman–Crippen LogP) is 2.10. The van der Waals surface area contributed by atoms with E-state index in [9.17, 15) is 14.4 Å². The van der Waals surface area contributed by atoms with Crippen LogP contribution in [-0.4, -0.2) is 49.4 Å². The standard InChI is InChI=1S/C18H21ClN2O4/c1-25-18(24)12-6-8-20(9-7-12)17(23)13-10-16(22)21(11-13)15-5-3-2-4-14(15)19/h2-5,12-13H,6-11H2,1H3/t13-/m0/s1. The molecule has 0 aromatic heterocycles. The van der Waals surface area contributed by atoms with Crippen LogP contribution in [0, 0.1) is 11.8 Å². The van der Waals surface area contributed by atoms with Crippen molar-refractivity contribution in [3.63, 3.8) is 0 Å². The second kappa shape index (κ2) is 7.44. The normalized spacial score (nSPS) is 21.5. The van der Waals surface area contributed by atoms with Crippen molar-refractivity contribution in [2.24, 2.45) is 11.8 Å². The topological polar surface area (TPSA) is 66.9 Å². The number of benzene rings is 1. The van der Waals surface area contributed by atoms with Crippen LogP contribution in [0.5, 0.6) is 0 Å². The fourth-order valence-electron chi connectivity index (χ4n) is 3.54. The van der Waals surface area contributed by atoms with Gasteiger partial charge in [0, 0.05) is 26.1 Å². The van der Waals surface area contributed by atoms with E-state index in [2.05, 4.69) is 0 Å². The lowest BCUT2D eigenvalue weighted by atomic mass is 9.95. The third kappa shape index (κ3) is 3.63. The lowest BCUT2D eigenvalue weighted by Gasteiger charge is -2.32. The highest BCUT2D eigenvalue weighted by molar-refractivity contribution is 6.33. The molecule has 2 saturated heterocycles. The monoisotopic (exact) mass is 364 g/mol. The van der Waals surface area contributed by atoms with E-state index >= 15 is 0 Å². The molecule has 2 amide bonds. The highest BCUT2D eigenvalue weighted by Gasteiger charge is 2.39. The fourth-order valence-corrected chi connectivity index (χ4v) is 3.77. The number of ether oxygens (including phenoxy) is 1. The maximum absolute atomic E-state index is 12.8. The summed E-state index contributed by atoms with van der Waals surface area (Å²) in [5.74, 6) is -0.826. The first-order valence-corrected chi connectivity index (χ1v) is 8.80. The average Bonchev–Trinajstić information content (AvgIpc) is 3.02. The Kier molecular flexibility index (Phi) is 5.27. The third-order valence-electron chi connectivity index (χ3n) is 4.96. The first-order valence-electron chi connectivity index (χ1n) is 8.42. The van der Waals surface area contributed by atoms with Gasteiger partial charge >= 0.3 is 5.97 Å². The molecule has 2 aliphatic rings. The van der Waals surface area contributed by atoms with Crippen LogP contribution < -0.4 is 4.90 Å². The minimum absolute atomic E-state index is 0.0220. The predicted molar refractivity (Wildman–Crippen MR) is 93.2 cm³/mol. The van der Waals surface area contributed by atoms with Gasteiger partial charge in [-0.1, -0.05) is 23.7 Å². The van der Waals surface area contributed by atoms with Gasteiger partial charge in [0.25, 0.3) is 0 Å². The van der Waals surface area contributed by atoms with Crippen LogP contribution in [0.3, 0.4) is 0 Å². The highest BCUT2D eigenvalue weighted by Crippen LogP contribution is 2.32. The van der Waals surface area contributed by atoms with Gasteiger partial charge in [0.15, 0.2) is 0 Å². The van der Waals surface area contributed by atoms with Gasteiger partial charge in [0.2, 0.25) is 11.8 Å². The molecule has 1 aromatic carbocycles. The summed E-state index contributed by atoms with van der Waals surface area (Å²) < 4.78 is 4.77. The Balaban J connectivity index is 1.62. The van der Waals surface area contributed by atoms with Gasteiger partial charge in [-0.15, -0.1) is 0 Å². The number of carbonyl (C=O) groups is 3. The molecular formula is C18H21ClN2O4. The minimum atomic E-state index is -0.363. The van der Waals surface area contributed by atoms with Crippen molar-refractivity contribution < 1.29 is 19.1 Å². The Labute approximate surface area is 151 Å². The number of anilines is 1. The molecular weight excluding hydrogens is 344 g/mol. The summed E-state index contributed by atoms with van der Waals surface area (Å²) in [5.41, 5.74) is 0.647. The second-order valence-corrected chi connectivity index (χ2v) is 6.89. The fraction of sp³-hybridized carbons (Fsp3) is 0.500. The molecule has 3 rings (SSSR count). The number of esters is 1. The number of methoxy groups -OCH3 is 1. The number of rotatable bonds is 3. The van der Waals surface area contributed by atoms with Crippen LogP contribution in [0.2, 0.25) is 5.02 Å². The minimum Gasteiger partial charge on any atom is -0.469 e. The van der Waals surface area contributed by atoms with Crippen LogP contribution in [-0.2, 0) is 19.1 Å². The first-order chi connectivity index (χ1) is 12.0. The number of amides is 2. The molecule has 0 unspecified atom stereocenters. The second-order valence-electron chi connectivity index (χ2n) is 6.48. The number of likely N-dealkylation sites (tertiary alicyclic amines) is 1. The third-order valence-corrected chi connectivity index (χ3v) is 5.28. The van der Waals surface area contributed by atoms with E-state index in [1.165, 1.54) is 7.11 Å². The maximum Gasteiger partial charge on any atom is 0.308 e. The Bertz CT molecular complexity index is 685. The van der Waals surface area contributed by atoms with E-state index in [1.807, 2.05) is 6.07 Å². The molecule has 6 nitrogen and oxygen atoms in total. The maximum atomic E-state index is 12.8. The average molecular weight is 365 g/mol. The van der Waals surface area contributed by atoms with Gasteiger partial charge < -0.3 is 14.5 Å². The van der Waals surface area contributed by atoms with Gasteiger partial charge in [0.1, 0.15) is 0 Å². The van der Waals surface area contributed by atoms with Crippen molar-refractivity contribution >= 4 is 35.1 Å². The summed E-state index contributed by atoms with van der Waals surface area (Å²) in [7, 11) is 1.38. The van der Waals surface area contributed by atoms with Gasteiger partial charge in [-0.2, -0.15) is 0 Å². The lowest BCUT2D eigenvalue weighted by Crippen LogP contribution is -2.43. The van der Waals surface area contributed by atoms with Crippen molar-refractivity contribution in [2.45, 2.75) is 19.3 Å². The van der Waals surface area contributed by atoms with E-state index in [-0.39, 0.29) is 36.0 Å². The molecule has 0 spiro atoms. The Morgan fingerprint density at radius 3 is 2.48 bits per heavy atom. The number of hydrogen-bond donors (Lipinski definition) is 0. The van der Waals surface area contributed by atoms with Gasteiger partial charge in [-0.25, -0.2) is 0 Å². The SMILES string of the molecule is COC(=O)C1CCN(C(=O)[C@H]2CC(=O)N(c3ccccc3Cl)C2)CC1. The van der Waals surface area contributed by atoms with Crippen molar-refractivity contribution in [2.75, 3.05) is 31.6 Å². The molecule has 134 valence electrons. The summed E-state index contributed by atoms with van der Waals surface area (Å²) >= 11 is 6.17. The van der Waals surface area contributed by atoms with E-state index < -0.39 is 0 Å². The summed E-state index contributed by atoms with van der Waals surface area (Å²) in [6.07, 6.45) is 1.40. The Morgan fingerprint density at radius 2 is 1.84 bits per heavy atom. The lowest BCUT2D eigenvalue weighted by molar-refractivity contribution is -0.149. The molecule has 0 N–H and O–H groups in total. The molecule has 1 aromatic rings. The Hall–Kier alpha value is -2.08. The molecule has 0 saturated carbocycles. The van der Waals surface area contributed by atoms with Crippen LogP contribution in [0.15, 0.2) is 24.3 Å². The molecule has 7 heteroatoms. The molecule has 2 aliphatic heterocycles. The summed E-state index contributed by atoms with van der Waals surface area (Å²) in [5, 5.41) is 0.503. The largest absolute Gasteiger partial charge is 0.469 e. The zero-order chi connectivity index (χ0) is 18.0. The number of carbonyl (C=O) groups excluding carboxylic acids is 3. The van der Waals surface area contributed by atoms with Crippen molar-refractivity contribution in [3.05, 3.63) is 29.3 Å². The van der Waals surface area contributed by atoms with Crippen LogP contribution in [0.25, 0.3) is 0 Å². The summed E-state index contributed by atoms with van der Waals surface area (Å²) in [6, 6.07) is 7.15. The van der Waals surface area contributed by atoms with Crippen molar-refractivity contribution in [1.82, 2.24) is 4.90 Å². The number of nitrogens with zero attached hydrogens (tertiary/aromatic N) is 2. The van der Waals surface area contributed by atoms with Crippen LogP contribution in [0.4, 0.5) is 5.69 Å². The zero-order valence-corrected chi connectivity index (χ0v) is 14.9. The highest BCUT2D eigenvalue weighted by atomic mass is 35.5. The smallest absolute Gasteiger partial charge is 0.308 e. The number of hydrogen-bond acceptors (Lipinski definition) is 4. The van der Waals surface area contributed by atoms with E-state index in [0.29, 0.717) is 43.2 Å². The molecule has 0 aliphatic carbocycles. The number of para-hydroxylation sites is 1. The van der Waals surface area contributed by atoms with Gasteiger partial charge in [0.05, 0.1) is 29.7 Å². The summed E-state index contributed by atoms with van der Waals surface area (Å²) in [4.78, 5) is 40.0. The molecule has 0 bridgehead atoms. The van der Waals surface area contributed by atoms with E-state index in [0.717, 1.165) is 0 Å². The molecule has 1 atom stereocenters. The van der Waals surface area contributed by atoms with E-state index in [4.69, 9.17) is 16.3 Å². The van der Waals surface area contributed by atoms with Crippen molar-refractivity contribution in [1.29, 1.82) is 0 Å². The molecule has 0 radical (unpaired) electrons.